The first-order chi connectivity index (χ1) is 20.2. The van der Waals surface area contributed by atoms with Gasteiger partial charge in [-0.15, -0.1) is 0 Å². The van der Waals surface area contributed by atoms with Crippen molar-refractivity contribution in [2.45, 2.75) is 33.1 Å². The fraction of sp³-hybridized carbons (Fsp3) is 0.290. The third-order valence-electron chi connectivity index (χ3n) is 7.55. The molecule has 1 aliphatic rings. The quantitative estimate of drug-likeness (QED) is 0.275. The lowest BCUT2D eigenvalue weighted by Gasteiger charge is -2.21. The molecule has 3 heterocycles. The van der Waals surface area contributed by atoms with E-state index in [1.165, 1.54) is 6.20 Å². The summed E-state index contributed by atoms with van der Waals surface area (Å²) < 4.78 is 7.05. The van der Waals surface area contributed by atoms with Crippen molar-refractivity contribution in [2.75, 3.05) is 31.3 Å². The molecule has 0 atom stereocenters. The summed E-state index contributed by atoms with van der Waals surface area (Å²) in [5.41, 5.74) is 6.83. The Balaban J connectivity index is 1.39. The summed E-state index contributed by atoms with van der Waals surface area (Å²) in [5.74, 6) is -0.390. The molecule has 2 amide bonds. The maximum atomic E-state index is 13.3. The summed E-state index contributed by atoms with van der Waals surface area (Å²) in [7, 11) is 5.45. The highest BCUT2D eigenvalue weighted by atomic mass is 35.5. The number of amides is 2. The van der Waals surface area contributed by atoms with Crippen LogP contribution < -0.4 is 10.6 Å². The molecule has 0 bridgehead atoms. The number of rotatable bonds is 8. The number of benzene rings is 2. The third kappa shape index (κ3) is 5.79. The van der Waals surface area contributed by atoms with Crippen molar-refractivity contribution in [2.24, 2.45) is 7.05 Å². The van der Waals surface area contributed by atoms with Crippen LogP contribution in [0.25, 0.3) is 11.1 Å². The van der Waals surface area contributed by atoms with E-state index >= 15 is 0 Å². The van der Waals surface area contributed by atoms with Crippen molar-refractivity contribution in [3.8, 4) is 11.1 Å². The average molecular weight is 589 g/mol. The van der Waals surface area contributed by atoms with Gasteiger partial charge in [-0.1, -0.05) is 35.9 Å². The molecule has 1 aliphatic heterocycles. The number of pyridine rings is 1. The second-order valence-corrected chi connectivity index (χ2v) is 10.7. The lowest BCUT2D eigenvalue weighted by Crippen LogP contribution is -2.27. The molecule has 11 heteroatoms. The van der Waals surface area contributed by atoms with E-state index in [2.05, 4.69) is 25.5 Å². The number of methoxy groups -OCH3 is 1. The number of ether oxygens (including phenoxy) is 1. The van der Waals surface area contributed by atoms with Gasteiger partial charge in [0.1, 0.15) is 5.69 Å². The molecule has 4 aromatic rings. The number of likely N-dealkylation sites (N-methyl/N-ethyl adjacent to an activating group) is 1. The van der Waals surface area contributed by atoms with Gasteiger partial charge in [-0.2, -0.15) is 0 Å². The topological polar surface area (TPSA) is 122 Å². The molecule has 0 saturated heterocycles. The standard InChI is InChI=1S/C31H33ClN6O4/c1-18-21(7-5-9-23(18)35-30(40)25-13-19(17-42-4)20(16-39)14-33-25)22-8-6-10-24(28(22)32)36-31(41)29-34-26-15-37(2)12-11-27(26)38(29)3/h5-10,13-14,39H,11-12,15-17H2,1-4H3,(H,35,40)(H,36,41). The maximum Gasteiger partial charge on any atom is 0.291 e. The van der Waals surface area contributed by atoms with Crippen LogP contribution >= 0.6 is 11.6 Å². The normalized spacial score (nSPS) is 13.1. The SMILES string of the molecule is COCc1cc(C(=O)Nc2cccc(-c3cccc(NC(=O)c4nc5c(n4C)CCN(C)C5)c3Cl)c2C)ncc1CO. The van der Waals surface area contributed by atoms with Crippen LogP contribution in [0.3, 0.4) is 0 Å². The van der Waals surface area contributed by atoms with E-state index in [0.29, 0.717) is 45.5 Å². The second kappa shape index (κ2) is 12.4. The number of aromatic nitrogens is 3. The Morgan fingerprint density at radius 2 is 1.76 bits per heavy atom. The molecule has 0 spiro atoms. The zero-order valence-corrected chi connectivity index (χ0v) is 24.7. The van der Waals surface area contributed by atoms with Crippen LogP contribution in [-0.2, 0) is 38.0 Å². The molecule has 0 saturated carbocycles. The minimum Gasteiger partial charge on any atom is -0.392 e. The molecule has 3 N–H and O–H groups in total. The average Bonchev–Trinajstić information content (AvgIpc) is 3.30. The highest BCUT2D eigenvalue weighted by Crippen LogP contribution is 2.37. The van der Waals surface area contributed by atoms with Gasteiger partial charge in [-0.3, -0.25) is 14.6 Å². The van der Waals surface area contributed by atoms with Gasteiger partial charge < -0.3 is 29.9 Å². The van der Waals surface area contributed by atoms with Crippen molar-refractivity contribution in [3.63, 3.8) is 0 Å². The van der Waals surface area contributed by atoms with Crippen molar-refractivity contribution in [1.82, 2.24) is 19.4 Å². The number of fused-ring (bicyclic) bond motifs is 1. The van der Waals surface area contributed by atoms with Gasteiger partial charge in [-0.05, 0) is 48.9 Å². The number of carbonyl (C=O) groups is 2. The van der Waals surface area contributed by atoms with E-state index in [1.54, 1.807) is 25.3 Å². The first-order valence-electron chi connectivity index (χ1n) is 13.5. The Bertz CT molecular complexity index is 1670. The predicted octanol–water partition coefficient (Wildman–Crippen LogP) is 4.58. The predicted molar refractivity (Wildman–Crippen MR) is 162 cm³/mol. The third-order valence-corrected chi connectivity index (χ3v) is 7.96. The van der Waals surface area contributed by atoms with Gasteiger partial charge in [0, 0.05) is 62.4 Å². The summed E-state index contributed by atoms with van der Waals surface area (Å²) in [5, 5.41) is 15.8. The van der Waals surface area contributed by atoms with Crippen molar-refractivity contribution < 1.29 is 19.4 Å². The van der Waals surface area contributed by atoms with Gasteiger partial charge in [0.25, 0.3) is 11.8 Å². The highest BCUT2D eigenvalue weighted by Gasteiger charge is 2.25. The van der Waals surface area contributed by atoms with Gasteiger partial charge in [-0.25, -0.2) is 4.98 Å². The number of hydrogen-bond acceptors (Lipinski definition) is 7. The van der Waals surface area contributed by atoms with Crippen LogP contribution in [0.5, 0.6) is 0 Å². The molecule has 2 aromatic carbocycles. The van der Waals surface area contributed by atoms with Gasteiger partial charge in [0.05, 0.1) is 29.6 Å². The number of nitrogens with one attached hydrogen (secondary N) is 2. The molecule has 42 heavy (non-hydrogen) atoms. The number of anilines is 2. The van der Waals surface area contributed by atoms with Crippen molar-refractivity contribution >= 4 is 34.8 Å². The Morgan fingerprint density at radius 1 is 1.05 bits per heavy atom. The molecule has 5 rings (SSSR count). The molecule has 0 aliphatic carbocycles. The minimum absolute atomic E-state index is 0.198. The fourth-order valence-electron chi connectivity index (χ4n) is 5.21. The van der Waals surface area contributed by atoms with Crippen molar-refractivity contribution in [3.05, 3.63) is 93.3 Å². The van der Waals surface area contributed by atoms with Crippen LogP contribution in [0.1, 0.15) is 49.2 Å². The van der Waals surface area contributed by atoms with Gasteiger partial charge in [0.2, 0.25) is 0 Å². The number of imidazole rings is 1. The molecular weight excluding hydrogens is 556 g/mol. The molecule has 0 radical (unpaired) electrons. The zero-order chi connectivity index (χ0) is 30.0. The molecule has 10 nitrogen and oxygen atoms in total. The van der Waals surface area contributed by atoms with Gasteiger partial charge in [0.15, 0.2) is 5.82 Å². The van der Waals surface area contributed by atoms with Crippen LogP contribution in [0.4, 0.5) is 11.4 Å². The number of carbonyl (C=O) groups excluding carboxylic acids is 2. The minimum atomic E-state index is -0.395. The monoisotopic (exact) mass is 588 g/mol. The number of nitrogens with zero attached hydrogens (tertiary/aromatic N) is 4. The Morgan fingerprint density at radius 3 is 2.50 bits per heavy atom. The summed E-state index contributed by atoms with van der Waals surface area (Å²) in [6.45, 7) is 3.56. The van der Waals surface area contributed by atoms with E-state index < -0.39 is 5.91 Å². The fourth-order valence-corrected chi connectivity index (χ4v) is 5.48. The zero-order valence-electron chi connectivity index (χ0n) is 24.0. The smallest absolute Gasteiger partial charge is 0.291 e. The lowest BCUT2D eigenvalue weighted by atomic mass is 9.98. The van der Waals surface area contributed by atoms with E-state index in [-0.39, 0.29) is 24.8 Å². The second-order valence-electron chi connectivity index (χ2n) is 10.4. The van der Waals surface area contributed by atoms with E-state index in [4.69, 9.17) is 16.3 Å². The number of aliphatic hydroxyl groups is 1. The van der Waals surface area contributed by atoms with Crippen LogP contribution in [0.15, 0.2) is 48.7 Å². The van der Waals surface area contributed by atoms with Crippen LogP contribution in [0.2, 0.25) is 5.02 Å². The molecule has 0 fully saturated rings. The molecular formula is C31H33ClN6O4. The summed E-state index contributed by atoms with van der Waals surface area (Å²) in [6.07, 6.45) is 2.31. The summed E-state index contributed by atoms with van der Waals surface area (Å²) in [4.78, 5) is 37.4. The number of halogens is 1. The number of aliphatic hydroxyl groups excluding tert-OH is 1. The number of hydrogen-bond donors (Lipinski definition) is 3. The van der Waals surface area contributed by atoms with E-state index in [0.717, 1.165) is 35.5 Å². The first-order valence-corrected chi connectivity index (χ1v) is 13.9. The Hall–Kier alpha value is -4.09. The van der Waals surface area contributed by atoms with E-state index in [1.807, 2.05) is 49.9 Å². The largest absolute Gasteiger partial charge is 0.392 e. The van der Waals surface area contributed by atoms with Gasteiger partial charge >= 0.3 is 0 Å². The maximum absolute atomic E-state index is 13.3. The van der Waals surface area contributed by atoms with Crippen LogP contribution in [0, 0.1) is 6.92 Å². The highest BCUT2D eigenvalue weighted by molar-refractivity contribution is 6.36. The molecule has 2 aromatic heterocycles. The molecule has 218 valence electrons. The van der Waals surface area contributed by atoms with Crippen LogP contribution in [-0.4, -0.2) is 57.1 Å². The first kappa shape index (κ1) is 29.4. The molecule has 0 unspecified atom stereocenters. The van der Waals surface area contributed by atoms with Crippen molar-refractivity contribution in [1.29, 1.82) is 0 Å². The Labute approximate surface area is 249 Å². The lowest BCUT2D eigenvalue weighted by molar-refractivity contribution is 0.100. The summed E-state index contributed by atoms with van der Waals surface area (Å²) in [6, 6.07) is 12.6. The summed E-state index contributed by atoms with van der Waals surface area (Å²) >= 11 is 6.86. The van der Waals surface area contributed by atoms with E-state index in [9.17, 15) is 14.7 Å². The Kier molecular flexibility index (Phi) is 8.69.